The molecule has 1 aromatic carbocycles. The van der Waals surface area contributed by atoms with Gasteiger partial charge in [0.15, 0.2) is 0 Å². The van der Waals surface area contributed by atoms with Gasteiger partial charge in [0.1, 0.15) is 0 Å². The molecule has 98 valence electrons. The van der Waals surface area contributed by atoms with E-state index in [1.807, 2.05) is 32.0 Å². The Hall–Kier alpha value is -1.39. The number of carbonyl (C=O) groups excluding carboxylic acids is 1. The second-order valence-corrected chi connectivity index (χ2v) is 5.04. The first-order valence-corrected chi connectivity index (χ1v) is 6.32. The van der Waals surface area contributed by atoms with Crippen LogP contribution in [0.15, 0.2) is 18.2 Å². The molecule has 18 heavy (non-hydrogen) atoms. The number of rotatable bonds is 4. The Morgan fingerprint density at radius 2 is 2.11 bits per heavy atom. The van der Waals surface area contributed by atoms with E-state index in [0.29, 0.717) is 31.2 Å². The molecule has 0 aliphatic carbocycles. The number of ether oxygens (including phenoxy) is 1. The highest BCUT2D eigenvalue weighted by Crippen LogP contribution is 2.20. The lowest BCUT2D eigenvalue weighted by molar-refractivity contribution is 0.0927. The quantitative estimate of drug-likeness (QED) is 0.847. The fourth-order valence-corrected chi connectivity index (χ4v) is 2.06. The van der Waals surface area contributed by atoms with Gasteiger partial charge in [-0.3, -0.25) is 4.79 Å². The van der Waals surface area contributed by atoms with Crippen molar-refractivity contribution < 1.29 is 9.53 Å². The summed E-state index contributed by atoms with van der Waals surface area (Å²) in [5.41, 5.74) is 8.61. The van der Waals surface area contributed by atoms with E-state index in [2.05, 4.69) is 5.32 Å². The minimum absolute atomic E-state index is 0.0157. The highest BCUT2D eigenvalue weighted by Gasteiger charge is 2.18. The van der Waals surface area contributed by atoms with Crippen LogP contribution in [0.5, 0.6) is 0 Å². The minimum atomic E-state index is -0.0612. The number of nitrogens with one attached hydrogen (secondary N) is 1. The lowest BCUT2D eigenvalue weighted by atomic mass is 10.0. The van der Waals surface area contributed by atoms with Crippen LogP contribution in [-0.4, -0.2) is 18.5 Å². The Morgan fingerprint density at radius 1 is 1.39 bits per heavy atom. The van der Waals surface area contributed by atoms with Crippen LogP contribution in [0, 0.1) is 5.92 Å². The van der Waals surface area contributed by atoms with Gasteiger partial charge >= 0.3 is 0 Å². The molecule has 0 fully saturated rings. The normalized spacial score (nSPS) is 15.6. The Balaban J connectivity index is 2.09. The van der Waals surface area contributed by atoms with E-state index >= 15 is 0 Å². The predicted molar refractivity (Wildman–Crippen MR) is 70.1 cm³/mol. The molecule has 0 saturated carbocycles. The van der Waals surface area contributed by atoms with Crippen molar-refractivity contribution in [2.24, 2.45) is 11.7 Å². The van der Waals surface area contributed by atoms with E-state index in [1.165, 1.54) is 5.56 Å². The molecule has 4 heteroatoms. The second-order valence-electron chi connectivity index (χ2n) is 5.04. The van der Waals surface area contributed by atoms with Crippen LogP contribution in [0.4, 0.5) is 0 Å². The first kappa shape index (κ1) is 13.1. The molecule has 1 atom stereocenters. The summed E-state index contributed by atoms with van der Waals surface area (Å²) in [4.78, 5) is 12.1. The summed E-state index contributed by atoms with van der Waals surface area (Å²) in [6.45, 7) is 5.80. The van der Waals surface area contributed by atoms with Gasteiger partial charge in [-0.1, -0.05) is 19.9 Å². The van der Waals surface area contributed by atoms with Gasteiger partial charge in [-0.2, -0.15) is 0 Å². The number of hydrogen-bond acceptors (Lipinski definition) is 3. The molecule has 0 saturated heterocycles. The van der Waals surface area contributed by atoms with E-state index in [9.17, 15) is 4.79 Å². The number of hydrogen-bond donors (Lipinski definition) is 2. The molecule has 1 aliphatic heterocycles. The van der Waals surface area contributed by atoms with Crippen molar-refractivity contribution in [1.29, 1.82) is 0 Å². The first-order valence-electron chi connectivity index (χ1n) is 6.32. The summed E-state index contributed by atoms with van der Waals surface area (Å²) in [7, 11) is 0. The van der Waals surface area contributed by atoms with Crippen molar-refractivity contribution in [3.63, 3.8) is 0 Å². The number of fused-ring (bicyclic) bond motifs is 1. The molecule has 1 unspecified atom stereocenters. The molecule has 1 aliphatic rings. The summed E-state index contributed by atoms with van der Waals surface area (Å²) in [6, 6.07) is 5.73. The van der Waals surface area contributed by atoms with Crippen LogP contribution in [0.25, 0.3) is 0 Å². The standard InChI is InChI=1S/C14H20N2O2/c1-9(2)13(6-15)16-14(17)10-3-4-11-7-18-8-12(11)5-10/h3-5,9,13H,6-8,15H2,1-2H3,(H,16,17). The Bertz CT molecular complexity index is 443. The van der Waals surface area contributed by atoms with E-state index in [4.69, 9.17) is 10.5 Å². The molecule has 1 heterocycles. The van der Waals surface area contributed by atoms with Gasteiger partial charge in [0.05, 0.1) is 13.2 Å². The van der Waals surface area contributed by atoms with Crippen LogP contribution in [0.1, 0.15) is 35.3 Å². The third kappa shape index (κ3) is 2.71. The molecule has 3 N–H and O–H groups in total. The molecule has 0 radical (unpaired) electrons. The fraction of sp³-hybridized carbons (Fsp3) is 0.500. The van der Waals surface area contributed by atoms with Gasteiger partial charge in [0.2, 0.25) is 0 Å². The average molecular weight is 248 g/mol. The zero-order chi connectivity index (χ0) is 13.1. The Labute approximate surface area is 108 Å². The summed E-state index contributed by atoms with van der Waals surface area (Å²) < 4.78 is 5.34. The lowest BCUT2D eigenvalue weighted by Gasteiger charge is -2.20. The third-order valence-electron chi connectivity index (χ3n) is 3.36. The molecule has 0 bridgehead atoms. The number of benzene rings is 1. The van der Waals surface area contributed by atoms with Crippen molar-refractivity contribution in [3.8, 4) is 0 Å². The van der Waals surface area contributed by atoms with E-state index < -0.39 is 0 Å². The van der Waals surface area contributed by atoms with E-state index in [0.717, 1.165) is 5.56 Å². The third-order valence-corrected chi connectivity index (χ3v) is 3.36. The summed E-state index contributed by atoms with van der Waals surface area (Å²) >= 11 is 0. The smallest absolute Gasteiger partial charge is 0.251 e. The molecular weight excluding hydrogens is 228 g/mol. The van der Waals surface area contributed by atoms with Crippen LogP contribution >= 0.6 is 0 Å². The first-order chi connectivity index (χ1) is 8.61. The summed E-state index contributed by atoms with van der Waals surface area (Å²) in [5.74, 6) is 0.269. The van der Waals surface area contributed by atoms with Crippen LogP contribution < -0.4 is 11.1 Å². The number of carbonyl (C=O) groups is 1. The molecule has 1 aromatic rings. The Kier molecular flexibility index (Phi) is 3.99. The molecule has 4 nitrogen and oxygen atoms in total. The van der Waals surface area contributed by atoms with E-state index in [-0.39, 0.29) is 11.9 Å². The summed E-state index contributed by atoms with van der Waals surface area (Å²) in [6.07, 6.45) is 0. The highest BCUT2D eigenvalue weighted by atomic mass is 16.5. The fourth-order valence-electron chi connectivity index (χ4n) is 2.06. The molecule has 1 amide bonds. The van der Waals surface area contributed by atoms with Gasteiger partial charge in [0.25, 0.3) is 5.91 Å². The summed E-state index contributed by atoms with van der Waals surface area (Å²) in [5, 5.41) is 2.97. The highest BCUT2D eigenvalue weighted by molar-refractivity contribution is 5.94. The SMILES string of the molecule is CC(C)C(CN)NC(=O)c1ccc2c(c1)COC2. The van der Waals surface area contributed by atoms with Gasteiger partial charge in [-0.05, 0) is 29.2 Å². The van der Waals surface area contributed by atoms with Gasteiger partial charge in [-0.15, -0.1) is 0 Å². The van der Waals surface area contributed by atoms with Crippen molar-refractivity contribution in [2.45, 2.75) is 33.1 Å². The zero-order valence-electron chi connectivity index (χ0n) is 10.9. The monoisotopic (exact) mass is 248 g/mol. The second kappa shape index (κ2) is 5.50. The minimum Gasteiger partial charge on any atom is -0.372 e. The average Bonchev–Trinajstić information content (AvgIpc) is 2.82. The molecule has 2 rings (SSSR count). The largest absolute Gasteiger partial charge is 0.372 e. The van der Waals surface area contributed by atoms with Gasteiger partial charge < -0.3 is 15.8 Å². The maximum absolute atomic E-state index is 12.1. The zero-order valence-corrected chi connectivity index (χ0v) is 10.9. The Morgan fingerprint density at radius 3 is 2.78 bits per heavy atom. The molecular formula is C14H20N2O2. The molecule has 0 spiro atoms. The van der Waals surface area contributed by atoms with Gasteiger partial charge in [0, 0.05) is 18.2 Å². The van der Waals surface area contributed by atoms with Crippen LogP contribution in [-0.2, 0) is 18.0 Å². The van der Waals surface area contributed by atoms with Crippen LogP contribution in [0.3, 0.4) is 0 Å². The van der Waals surface area contributed by atoms with Crippen molar-refractivity contribution in [3.05, 3.63) is 34.9 Å². The van der Waals surface area contributed by atoms with Crippen LogP contribution in [0.2, 0.25) is 0 Å². The number of nitrogens with two attached hydrogens (primary N) is 1. The predicted octanol–water partition coefficient (Wildman–Crippen LogP) is 1.43. The van der Waals surface area contributed by atoms with Gasteiger partial charge in [-0.25, -0.2) is 0 Å². The maximum atomic E-state index is 12.1. The van der Waals surface area contributed by atoms with E-state index in [1.54, 1.807) is 0 Å². The van der Waals surface area contributed by atoms with Crippen molar-refractivity contribution >= 4 is 5.91 Å². The molecule has 0 aromatic heterocycles. The van der Waals surface area contributed by atoms with Crippen molar-refractivity contribution in [2.75, 3.05) is 6.54 Å². The number of amides is 1. The van der Waals surface area contributed by atoms with Crippen molar-refractivity contribution in [1.82, 2.24) is 5.32 Å². The topological polar surface area (TPSA) is 64.3 Å². The lowest BCUT2D eigenvalue weighted by Crippen LogP contribution is -2.43. The maximum Gasteiger partial charge on any atom is 0.251 e.